The Balaban J connectivity index is 2.13. The number of unbranched alkanes of at least 4 members (excludes halogenated alkanes) is 1. The van der Waals surface area contributed by atoms with Crippen molar-refractivity contribution in [3.05, 3.63) is 64.2 Å². The van der Waals surface area contributed by atoms with Crippen molar-refractivity contribution < 1.29 is 24.2 Å². The van der Waals surface area contributed by atoms with Crippen molar-refractivity contribution in [3.63, 3.8) is 0 Å². The van der Waals surface area contributed by atoms with E-state index in [2.05, 4.69) is 6.92 Å². The van der Waals surface area contributed by atoms with Crippen LogP contribution in [0.4, 0.5) is 0 Å². The number of aliphatic hydroxyl groups is 1. The average molecular weight is 452 g/mol. The number of methoxy groups -OCH3 is 1. The lowest BCUT2D eigenvalue weighted by Crippen LogP contribution is -2.30. The van der Waals surface area contributed by atoms with Crippen molar-refractivity contribution in [2.45, 2.75) is 53.0 Å². The maximum atomic E-state index is 13.1. The molecule has 1 atom stereocenters. The first kappa shape index (κ1) is 24.4. The fourth-order valence-electron chi connectivity index (χ4n) is 4.33. The van der Waals surface area contributed by atoms with Crippen LogP contribution in [0.25, 0.3) is 5.76 Å². The molecule has 0 saturated carbocycles. The molecule has 6 nitrogen and oxygen atoms in total. The van der Waals surface area contributed by atoms with Gasteiger partial charge in [0.1, 0.15) is 17.3 Å². The van der Waals surface area contributed by atoms with Crippen LogP contribution < -0.4 is 9.47 Å². The highest BCUT2D eigenvalue weighted by atomic mass is 16.5. The number of ketones is 1. The summed E-state index contributed by atoms with van der Waals surface area (Å²) < 4.78 is 11.3. The maximum absolute atomic E-state index is 13.1. The molecule has 2 aromatic carbocycles. The molecular weight excluding hydrogens is 418 g/mol. The van der Waals surface area contributed by atoms with Crippen LogP contribution in [0.5, 0.6) is 11.5 Å². The second-order valence-electron chi connectivity index (χ2n) is 8.43. The van der Waals surface area contributed by atoms with Gasteiger partial charge in [0.2, 0.25) is 0 Å². The largest absolute Gasteiger partial charge is 0.507 e. The third-order valence-electron chi connectivity index (χ3n) is 5.85. The van der Waals surface area contributed by atoms with Crippen LogP contribution in [0.2, 0.25) is 0 Å². The van der Waals surface area contributed by atoms with Gasteiger partial charge in [0.25, 0.3) is 11.7 Å². The van der Waals surface area contributed by atoms with E-state index >= 15 is 0 Å². The molecule has 1 saturated heterocycles. The molecule has 1 unspecified atom stereocenters. The standard InChI is InChI=1S/C27H33NO5/c1-6-8-14-33-20-11-9-19(10-12-20)23-22(25(30)27(31)28(23)13-7-2)24(29)21-16-17(3)15-18(4)26(21)32-5/h9-12,15-16,23,29H,6-8,13-14H2,1-5H3/b24-22+. The monoisotopic (exact) mass is 451 g/mol. The number of amides is 1. The Morgan fingerprint density at radius 1 is 1.06 bits per heavy atom. The molecule has 1 aliphatic heterocycles. The molecule has 3 rings (SSSR count). The average Bonchev–Trinajstić information content (AvgIpc) is 3.04. The maximum Gasteiger partial charge on any atom is 0.295 e. The van der Waals surface area contributed by atoms with E-state index in [4.69, 9.17) is 9.47 Å². The normalized spacial score (nSPS) is 17.5. The minimum absolute atomic E-state index is 0.0800. The molecule has 0 aliphatic carbocycles. The first-order chi connectivity index (χ1) is 15.8. The Morgan fingerprint density at radius 3 is 2.36 bits per heavy atom. The number of rotatable bonds is 9. The number of aryl methyl sites for hydroxylation is 2. The van der Waals surface area contributed by atoms with Crippen molar-refractivity contribution in [1.82, 2.24) is 4.90 Å². The number of Topliss-reactive ketones (excluding diaryl/α,β-unsaturated/α-hetero) is 1. The van der Waals surface area contributed by atoms with E-state index in [0.717, 1.165) is 35.3 Å². The van der Waals surface area contributed by atoms with Crippen molar-refractivity contribution in [3.8, 4) is 11.5 Å². The minimum atomic E-state index is -0.685. The van der Waals surface area contributed by atoms with Gasteiger partial charge in [-0.25, -0.2) is 0 Å². The number of carbonyl (C=O) groups excluding carboxylic acids is 2. The highest BCUT2D eigenvalue weighted by molar-refractivity contribution is 6.46. The van der Waals surface area contributed by atoms with Crippen LogP contribution in [0.15, 0.2) is 42.0 Å². The molecular formula is C27H33NO5. The molecule has 6 heteroatoms. The summed E-state index contributed by atoms with van der Waals surface area (Å²) in [6, 6.07) is 10.4. The highest BCUT2D eigenvalue weighted by Crippen LogP contribution is 2.42. The summed E-state index contributed by atoms with van der Waals surface area (Å²) in [6.07, 6.45) is 2.70. The first-order valence-electron chi connectivity index (χ1n) is 11.5. The zero-order valence-corrected chi connectivity index (χ0v) is 20.1. The van der Waals surface area contributed by atoms with Gasteiger partial charge < -0.3 is 19.5 Å². The van der Waals surface area contributed by atoms with E-state index in [9.17, 15) is 14.7 Å². The number of nitrogens with zero attached hydrogens (tertiary/aromatic N) is 1. The van der Waals surface area contributed by atoms with E-state index in [1.54, 1.807) is 6.07 Å². The highest BCUT2D eigenvalue weighted by Gasteiger charge is 2.46. The van der Waals surface area contributed by atoms with Crippen LogP contribution >= 0.6 is 0 Å². The smallest absolute Gasteiger partial charge is 0.295 e. The van der Waals surface area contributed by atoms with Gasteiger partial charge in [-0.1, -0.05) is 38.5 Å². The lowest BCUT2D eigenvalue weighted by atomic mass is 9.93. The third kappa shape index (κ3) is 4.90. The molecule has 1 fully saturated rings. The lowest BCUT2D eigenvalue weighted by Gasteiger charge is -2.25. The van der Waals surface area contributed by atoms with E-state index in [0.29, 0.717) is 30.9 Å². The molecule has 33 heavy (non-hydrogen) atoms. The van der Waals surface area contributed by atoms with E-state index in [1.807, 2.05) is 51.1 Å². The van der Waals surface area contributed by atoms with E-state index in [1.165, 1.54) is 12.0 Å². The van der Waals surface area contributed by atoms with Crippen molar-refractivity contribution >= 4 is 17.4 Å². The molecule has 176 valence electrons. The van der Waals surface area contributed by atoms with Gasteiger partial charge in [0.15, 0.2) is 0 Å². The Kier molecular flexibility index (Phi) is 7.79. The van der Waals surface area contributed by atoms with Crippen LogP contribution in [0, 0.1) is 13.8 Å². The van der Waals surface area contributed by atoms with Gasteiger partial charge in [-0.2, -0.15) is 0 Å². The molecule has 1 aliphatic rings. The van der Waals surface area contributed by atoms with Crippen molar-refractivity contribution in [1.29, 1.82) is 0 Å². The summed E-state index contributed by atoms with van der Waals surface area (Å²) in [7, 11) is 1.53. The number of ether oxygens (including phenoxy) is 2. The Morgan fingerprint density at radius 2 is 1.76 bits per heavy atom. The minimum Gasteiger partial charge on any atom is -0.507 e. The third-order valence-corrected chi connectivity index (χ3v) is 5.85. The van der Waals surface area contributed by atoms with Crippen LogP contribution in [0.3, 0.4) is 0 Å². The lowest BCUT2D eigenvalue weighted by molar-refractivity contribution is -0.139. The fraction of sp³-hybridized carbons (Fsp3) is 0.407. The van der Waals surface area contributed by atoms with E-state index in [-0.39, 0.29) is 11.3 Å². The zero-order valence-electron chi connectivity index (χ0n) is 20.1. The summed E-state index contributed by atoms with van der Waals surface area (Å²) in [5.41, 5.74) is 3.00. The number of hydrogen-bond donors (Lipinski definition) is 1. The van der Waals surface area contributed by atoms with E-state index < -0.39 is 17.7 Å². The fourth-order valence-corrected chi connectivity index (χ4v) is 4.33. The second kappa shape index (κ2) is 10.6. The van der Waals surface area contributed by atoms with Crippen molar-refractivity contribution in [2.75, 3.05) is 20.3 Å². The predicted octanol–water partition coefficient (Wildman–Crippen LogP) is 5.32. The molecule has 0 radical (unpaired) electrons. The topological polar surface area (TPSA) is 76.1 Å². The molecule has 0 spiro atoms. The summed E-state index contributed by atoms with van der Waals surface area (Å²) in [5, 5.41) is 11.4. The number of likely N-dealkylation sites (tertiary alicyclic amines) is 1. The molecule has 2 aromatic rings. The number of benzene rings is 2. The first-order valence-corrected chi connectivity index (χ1v) is 11.5. The van der Waals surface area contributed by atoms with Gasteiger partial charge in [-0.3, -0.25) is 9.59 Å². The van der Waals surface area contributed by atoms with Gasteiger partial charge in [-0.15, -0.1) is 0 Å². The number of carbonyl (C=O) groups is 2. The van der Waals surface area contributed by atoms with Crippen molar-refractivity contribution in [2.24, 2.45) is 0 Å². The van der Waals surface area contributed by atoms with Crippen LogP contribution in [-0.2, 0) is 9.59 Å². The van der Waals surface area contributed by atoms with Gasteiger partial charge in [0, 0.05) is 6.54 Å². The second-order valence-corrected chi connectivity index (χ2v) is 8.43. The zero-order chi connectivity index (χ0) is 24.1. The molecule has 1 heterocycles. The Labute approximate surface area is 195 Å². The molecule has 1 amide bonds. The van der Waals surface area contributed by atoms with Gasteiger partial charge >= 0.3 is 0 Å². The van der Waals surface area contributed by atoms with Crippen LogP contribution in [0.1, 0.15) is 61.4 Å². The van der Waals surface area contributed by atoms with Gasteiger partial charge in [0.05, 0.1) is 30.9 Å². The Hall–Kier alpha value is -3.28. The van der Waals surface area contributed by atoms with Gasteiger partial charge in [-0.05, 0) is 61.6 Å². The quantitative estimate of drug-likeness (QED) is 0.242. The summed E-state index contributed by atoms with van der Waals surface area (Å²) in [6.45, 7) is 8.89. The summed E-state index contributed by atoms with van der Waals surface area (Å²) >= 11 is 0. The molecule has 0 bridgehead atoms. The predicted molar refractivity (Wildman–Crippen MR) is 129 cm³/mol. The number of hydrogen-bond acceptors (Lipinski definition) is 5. The summed E-state index contributed by atoms with van der Waals surface area (Å²) in [5.74, 6) is -0.289. The number of aliphatic hydroxyl groups excluding tert-OH is 1. The SMILES string of the molecule is CCCCOc1ccc(C2/C(=C(\O)c3cc(C)cc(C)c3OC)C(=O)C(=O)N2CCC)cc1. The van der Waals surface area contributed by atoms with Crippen LogP contribution in [-0.4, -0.2) is 42.0 Å². The summed E-state index contributed by atoms with van der Waals surface area (Å²) in [4.78, 5) is 27.6. The molecule has 0 aromatic heterocycles. The Bertz CT molecular complexity index is 1050. The molecule has 1 N–H and O–H groups in total.